The molecule has 5 rings (SSSR count). The SMILES string of the molecule is O=c1c2nnn(-c3ccccc3)c2nc(S(=O)c2ccc(Cl)cc2)n1-c1cccc(Cl)c1. The molecular weight excluding hydrogens is 469 g/mol. The van der Waals surface area contributed by atoms with Gasteiger partial charge in [0.2, 0.25) is 5.16 Å². The molecule has 1 unspecified atom stereocenters. The van der Waals surface area contributed by atoms with Gasteiger partial charge in [-0.2, -0.15) is 9.67 Å². The average Bonchev–Trinajstić information content (AvgIpc) is 3.24. The summed E-state index contributed by atoms with van der Waals surface area (Å²) in [5, 5.41) is 9.12. The van der Waals surface area contributed by atoms with E-state index in [1.807, 2.05) is 30.3 Å². The first-order chi connectivity index (χ1) is 15.5. The predicted octanol–water partition coefficient (Wildman–Crippen LogP) is 4.44. The number of nitrogens with zero attached hydrogens (tertiary/aromatic N) is 5. The summed E-state index contributed by atoms with van der Waals surface area (Å²) in [5.41, 5.74) is 0.841. The Kier molecular flexibility index (Phi) is 5.34. The van der Waals surface area contributed by atoms with Gasteiger partial charge in [0.05, 0.1) is 11.4 Å². The summed E-state index contributed by atoms with van der Waals surface area (Å²) in [7, 11) is -1.81. The lowest BCUT2D eigenvalue weighted by atomic mass is 10.3. The Morgan fingerprint density at radius 3 is 2.25 bits per heavy atom. The maximum Gasteiger partial charge on any atom is 0.289 e. The zero-order valence-electron chi connectivity index (χ0n) is 16.2. The van der Waals surface area contributed by atoms with Crippen LogP contribution in [0.5, 0.6) is 0 Å². The third-order valence-corrected chi connectivity index (χ3v) is 6.50. The van der Waals surface area contributed by atoms with Crippen molar-refractivity contribution in [1.82, 2.24) is 24.5 Å². The molecule has 0 bridgehead atoms. The van der Waals surface area contributed by atoms with Crippen LogP contribution in [0.3, 0.4) is 0 Å². The number of halogens is 2. The molecule has 0 aliphatic carbocycles. The fourth-order valence-corrected chi connectivity index (χ4v) is 4.65. The van der Waals surface area contributed by atoms with Crippen LogP contribution in [0.15, 0.2) is 93.7 Å². The minimum atomic E-state index is -1.81. The van der Waals surface area contributed by atoms with Crippen molar-refractivity contribution in [2.24, 2.45) is 0 Å². The van der Waals surface area contributed by atoms with Crippen molar-refractivity contribution >= 4 is 45.2 Å². The predicted molar refractivity (Wildman–Crippen MR) is 123 cm³/mol. The Morgan fingerprint density at radius 1 is 0.812 bits per heavy atom. The van der Waals surface area contributed by atoms with E-state index in [1.54, 1.807) is 48.5 Å². The Labute approximate surface area is 194 Å². The van der Waals surface area contributed by atoms with Crippen LogP contribution < -0.4 is 5.56 Å². The summed E-state index contributed by atoms with van der Waals surface area (Å²) in [4.78, 5) is 18.5. The van der Waals surface area contributed by atoms with Crippen LogP contribution in [0.1, 0.15) is 0 Å². The summed E-state index contributed by atoms with van der Waals surface area (Å²) >= 11 is 12.1. The van der Waals surface area contributed by atoms with Gasteiger partial charge in [0.15, 0.2) is 11.2 Å². The van der Waals surface area contributed by atoms with Gasteiger partial charge in [-0.05, 0) is 54.6 Å². The van der Waals surface area contributed by atoms with Crippen LogP contribution in [-0.4, -0.2) is 28.8 Å². The molecule has 3 aromatic carbocycles. The minimum Gasteiger partial charge on any atom is -0.266 e. The molecule has 0 aliphatic heterocycles. The molecule has 2 heterocycles. The molecule has 7 nitrogen and oxygen atoms in total. The molecule has 1 atom stereocenters. The van der Waals surface area contributed by atoms with Crippen molar-refractivity contribution in [3.05, 3.63) is 99.3 Å². The highest BCUT2D eigenvalue weighted by molar-refractivity contribution is 7.85. The number of aromatic nitrogens is 5. The summed E-state index contributed by atoms with van der Waals surface area (Å²) in [6, 6.07) is 22.3. The second kappa shape index (κ2) is 8.31. The zero-order valence-corrected chi connectivity index (χ0v) is 18.6. The van der Waals surface area contributed by atoms with Gasteiger partial charge in [0.1, 0.15) is 10.8 Å². The highest BCUT2D eigenvalue weighted by Gasteiger charge is 2.23. The summed E-state index contributed by atoms with van der Waals surface area (Å²) in [6.07, 6.45) is 0. The monoisotopic (exact) mass is 481 g/mol. The van der Waals surface area contributed by atoms with Crippen molar-refractivity contribution in [2.45, 2.75) is 10.1 Å². The number of hydrogen-bond acceptors (Lipinski definition) is 5. The van der Waals surface area contributed by atoms with Crippen molar-refractivity contribution in [3.63, 3.8) is 0 Å². The summed E-state index contributed by atoms with van der Waals surface area (Å²) < 4.78 is 16.3. The van der Waals surface area contributed by atoms with E-state index in [0.29, 0.717) is 26.3 Å². The van der Waals surface area contributed by atoms with Gasteiger partial charge in [-0.15, -0.1) is 5.10 Å². The molecule has 0 aliphatic rings. The summed E-state index contributed by atoms with van der Waals surface area (Å²) in [6.45, 7) is 0. The number of hydrogen-bond donors (Lipinski definition) is 0. The topological polar surface area (TPSA) is 82.7 Å². The highest BCUT2D eigenvalue weighted by atomic mass is 35.5. The van der Waals surface area contributed by atoms with Crippen LogP contribution in [-0.2, 0) is 10.8 Å². The first-order valence-electron chi connectivity index (χ1n) is 9.40. The molecule has 0 spiro atoms. The van der Waals surface area contributed by atoms with Crippen molar-refractivity contribution in [2.75, 3.05) is 0 Å². The number of rotatable bonds is 4. The maximum atomic E-state index is 13.6. The zero-order chi connectivity index (χ0) is 22.2. The fraction of sp³-hybridized carbons (Fsp3) is 0. The lowest BCUT2D eigenvalue weighted by molar-refractivity contribution is 0.666. The molecule has 0 fully saturated rings. The number of para-hydroxylation sites is 1. The van der Waals surface area contributed by atoms with Crippen LogP contribution >= 0.6 is 23.2 Å². The molecule has 32 heavy (non-hydrogen) atoms. The standard InChI is InChI=1S/C22H13Cl2N5O2S/c23-14-9-11-18(12-10-14)32(31)22-25-20-19(26-27-29(20)16-6-2-1-3-7-16)21(30)28(22)17-8-4-5-15(24)13-17/h1-13H. The van der Waals surface area contributed by atoms with E-state index in [4.69, 9.17) is 23.2 Å². The van der Waals surface area contributed by atoms with Gasteiger partial charge in [-0.25, -0.2) is 4.21 Å². The Balaban J connectivity index is 1.82. The van der Waals surface area contributed by atoms with Gasteiger partial charge in [-0.1, -0.05) is 52.7 Å². The average molecular weight is 482 g/mol. The van der Waals surface area contributed by atoms with Crippen LogP contribution in [0.25, 0.3) is 22.5 Å². The van der Waals surface area contributed by atoms with Gasteiger partial charge < -0.3 is 0 Å². The molecule has 0 saturated heterocycles. The lowest BCUT2D eigenvalue weighted by Crippen LogP contribution is -2.25. The third-order valence-electron chi connectivity index (χ3n) is 4.71. The van der Waals surface area contributed by atoms with E-state index in [9.17, 15) is 9.00 Å². The number of fused-ring (bicyclic) bond motifs is 1. The Hall–Kier alpha value is -3.33. The molecule has 0 N–H and O–H groups in total. The molecule has 0 saturated carbocycles. The van der Waals surface area contributed by atoms with E-state index in [2.05, 4.69) is 15.3 Å². The molecule has 0 radical (unpaired) electrons. The Bertz CT molecular complexity index is 1530. The maximum absolute atomic E-state index is 13.6. The first-order valence-corrected chi connectivity index (χ1v) is 11.3. The van der Waals surface area contributed by atoms with Gasteiger partial charge in [0.25, 0.3) is 5.56 Å². The smallest absolute Gasteiger partial charge is 0.266 e. The van der Waals surface area contributed by atoms with Crippen LogP contribution in [0, 0.1) is 0 Å². The van der Waals surface area contributed by atoms with Crippen molar-refractivity contribution in [3.8, 4) is 11.4 Å². The molecule has 10 heteroatoms. The van der Waals surface area contributed by atoms with E-state index in [1.165, 1.54) is 9.25 Å². The molecule has 158 valence electrons. The largest absolute Gasteiger partial charge is 0.289 e. The fourth-order valence-electron chi connectivity index (χ4n) is 3.22. The van der Waals surface area contributed by atoms with Crippen LogP contribution in [0.2, 0.25) is 10.0 Å². The van der Waals surface area contributed by atoms with E-state index in [-0.39, 0.29) is 16.3 Å². The molecule has 2 aromatic heterocycles. The lowest BCUT2D eigenvalue weighted by Gasteiger charge is -2.12. The summed E-state index contributed by atoms with van der Waals surface area (Å²) in [5.74, 6) is 0. The van der Waals surface area contributed by atoms with Crippen molar-refractivity contribution < 1.29 is 4.21 Å². The van der Waals surface area contributed by atoms with E-state index >= 15 is 0 Å². The highest BCUT2D eigenvalue weighted by Crippen LogP contribution is 2.23. The third kappa shape index (κ3) is 3.62. The van der Waals surface area contributed by atoms with E-state index in [0.717, 1.165) is 0 Å². The molecular formula is C22H13Cl2N5O2S. The second-order valence-electron chi connectivity index (χ2n) is 6.75. The van der Waals surface area contributed by atoms with E-state index < -0.39 is 16.4 Å². The van der Waals surface area contributed by atoms with Gasteiger partial charge >= 0.3 is 0 Å². The van der Waals surface area contributed by atoms with Crippen LogP contribution in [0.4, 0.5) is 0 Å². The molecule has 0 amide bonds. The van der Waals surface area contributed by atoms with Gasteiger partial charge in [-0.3, -0.25) is 9.36 Å². The second-order valence-corrected chi connectivity index (χ2v) is 8.99. The first kappa shape index (κ1) is 20.6. The molecule has 5 aromatic rings. The quantitative estimate of drug-likeness (QED) is 0.354. The van der Waals surface area contributed by atoms with Gasteiger partial charge in [0, 0.05) is 14.9 Å². The Morgan fingerprint density at radius 2 is 1.53 bits per heavy atom. The number of benzene rings is 3. The van der Waals surface area contributed by atoms with Crippen molar-refractivity contribution in [1.29, 1.82) is 0 Å². The normalized spacial score (nSPS) is 12.2. The minimum absolute atomic E-state index is 0.0200.